The summed E-state index contributed by atoms with van der Waals surface area (Å²) in [6, 6.07) is 0.585. The SMILES string of the molecule is CC(C)(C)OC(=O)N1C=C(C(=O)O)C[Si](C)(C)C1. The van der Waals surface area contributed by atoms with E-state index < -0.39 is 25.7 Å². The van der Waals surface area contributed by atoms with Gasteiger partial charge in [-0.3, -0.25) is 4.90 Å². The number of aliphatic carboxylic acids is 1. The molecule has 0 spiro atoms. The van der Waals surface area contributed by atoms with Gasteiger partial charge in [0.15, 0.2) is 0 Å². The molecule has 5 nitrogen and oxygen atoms in total. The number of carboxylic acid groups (broad SMARTS) is 1. The van der Waals surface area contributed by atoms with E-state index in [1.165, 1.54) is 11.1 Å². The summed E-state index contributed by atoms with van der Waals surface area (Å²) in [7, 11) is -1.74. The number of carboxylic acids is 1. The van der Waals surface area contributed by atoms with Crippen LogP contribution in [0.1, 0.15) is 20.8 Å². The van der Waals surface area contributed by atoms with Crippen molar-refractivity contribution < 1.29 is 19.4 Å². The minimum Gasteiger partial charge on any atom is -0.478 e. The Hall–Kier alpha value is -1.30. The van der Waals surface area contributed by atoms with Crippen LogP contribution in [0.4, 0.5) is 4.79 Å². The van der Waals surface area contributed by atoms with Crippen LogP contribution in [0.3, 0.4) is 0 Å². The van der Waals surface area contributed by atoms with Crippen LogP contribution in [0, 0.1) is 0 Å². The maximum atomic E-state index is 12.0. The van der Waals surface area contributed by atoms with Gasteiger partial charge in [0.05, 0.1) is 13.6 Å². The lowest BCUT2D eigenvalue weighted by atomic mass is 10.2. The zero-order valence-electron chi connectivity index (χ0n) is 11.6. The molecular weight excluding hydrogens is 250 g/mol. The quantitative estimate of drug-likeness (QED) is 0.744. The van der Waals surface area contributed by atoms with E-state index in [9.17, 15) is 9.59 Å². The van der Waals surface area contributed by atoms with Crippen LogP contribution < -0.4 is 0 Å². The van der Waals surface area contributed by atoms with Gasteiger partial charge in [-0.25, -0.2) is 9.59 Å². The summed E-state index contributed by atoms with van der Waals surface area (Å²) in [5, 5.41) is 9.08. The van der Waals surface area contributed by atoms with Crippen LogP contribution in [0.5, 0.6) is 0 Å². The van der Waals surface area contributed by atoms with Gasteiger partial charge < -0.3 is 9.84 Å². The van der Waals surface area contributed by atoms with Gasteiger partial charge in [0.25, 0.3) is 0 Å². The van der Waals surface area contributed by atoms with Crippen molar-refractivity contribution >= 4 is 20.1 Å². The summed E-state index contributed by atoms with van der Waals surface area (Å²) < 4.78 is 5.27. The number of hydrogen-bond donors (Lipinski definition) is 1. The molecule has 1 rings (SSSR count). The van der Waals surface area contributed by atoms with Gasteiger partial charge in [-0.05, 0) is 26.8 Å². The fourth-order valence-corrected chi connectivity index (χ4v) is 4.41. The summed E-state index contributed by atoms with van der Waals surface area (Å²) in [5.74, 6) is -0.955. The zero-order chi connectivity index (χ0) is 14.1. The van der Waals surface area contributed by atoms with Crippen molar-refractivity contribution in [2.45, 2.75) is 45.5 Å². The van der Waals surface area contributed by atoms with E-state index in [1.807, 2.05) is 0 Å². The van der Waals surface area contributed by atoms with Crippen molar-refractivity contribution in [1.82, 2.24) is 4.90 Å². The van der Waals surface area contributed by atoms with Crippen LogP contribution in [0.15, 0.2) is 11.8 Å². The number of carbonyl (C=O) groups excluding carboxylic acids is 1. The molecule has 1 amide bonds. The molecule has 1 heterocycles. The smallest absolute Gasteiger partial charge is 0.414 e. The van der Waals surface area contributed by atoms with E-state index in [2.05, 4.69) is 13.1 Å². The molecule has 0 atom stereocenters. The average Bonchev–Trinajstić information content (AvgIpc) is 2.12. The predicted octanol–water partition coefficient (Wildman–Crippen LogP) is 2.45. The Morgan fingerprint density at radius 3 is 2.39 bits per heavy atom. The molecule has 0 aromatic carbocycles. The Balaban J connectivity index is 2.91. The molecule has 1 aliphatic heterocycles. The minimum absolute atomic E-state index is 0.295. The summed E-state index contributed by atoms with van der Waals surface area (Å²) in [4.78, 5) is 24.4. The molecule has 0 aromatic heterocycles. The summed E-state index contributed by atoms with van der Waals surface area (Å²) in [6.45, 7) is 9.51. The van der Waals surface area contributed by atoms with Gasteiger partial charge in [-0.1, -0.05) is 13.1 Å². The van der Waals surface area contributed by atoms with Gasteiger partial charge in [-0.15, -0.1) is 0 Å². The third-order valence-corrected chi connectivity index (χ3v) is 5.02. The van der Waals surface area contributed by atoms with E-state index in [0.717, 1.165) is 0 Å². The maximum Gasteiger partial charge on any atom is 0.414 e. The van der Waals surface area contributed by atoms with E-state index in [-0.39, 0.29) is 0 Å². The fourth-order valence-electron chi connectivity index (χ4n) is 1.88. The predicted molar refractivity (Wildman–Crippen MR) is 70.9 cm³/mol. The molecule has 1 N–H and O–H groups in total. The van der Waals surface area contributed by atoms with E-state index in [0.29, 0.717) is 17.8 Å². The highest BCUT2D eigenvalue weighted by atomic mass is 28.3. The van der Waals surface area contributed by atoms with Crippen molar-refractivity contribution in [2.75, 3.05) is 6.17 Å². The van der Waals surface area contributed by atoms with E-state index in [1.54, 1.807) is 20.8 Å². The van der Waals surface area contributed by atoms with Gasteiger partial charge in [0, 0.05) is 12.4 Å². The van der Waals surface area contributed by atoms with E-state index >= 15 is 0 Å². The topological polar surface area (TPSA) is 66.8 Å². The average molecular weight is 271 g/mol. The normalized spacial score (nSPS) is 19.2. The van der Waals surface area contributed by atoms with Crippen molar-refractivity contribution in [2.24, 2.45) is 0 Å². The second kappa shape index (κ2) is 4.76. The highest BCUT2D eigenvalue weighted by molar-refractivity contribution is 6.78. The first-order valence-electron chi connectivity index (χ1n) is 5.94. The minimum atomic E-state index is -1.74. The van der Waals surface area contributed by atoms with Crippen molar-refractivity contribution in [3.63, 3.8) is 0 Å². The third kappa shape index (κ3) is 4.18. The lowest BCUT2D eigenvalue weighted by Gasteiger charge is -2.35. The Kier molecular flexibility index (Phi) is 3.90. The first-order valence-corrected chi connectivity index (χ1v) is 9.35. The zero-order valence-corrected chi connectivity index (χ0v) is 12.6. The molecule has 0 saturated heterocycles. The lowest BCUT2D eigenvalue weighted by Crippen LogP contribution is -2.48. The number of hydrogen-bond acceptors (Lipinski definition) is 3. The fraction of sp³-hybridized carbons (Fsp3) is 0.667. The summed E-state index contributed by atoms with van der Waals surface area (Å²) in [5.41, 5.74) is -0.277. The molecule has 0 aliphatic carbocycles. The second-order valence-corrected chi connectivity index (χ2v) is 11.4. The molecule has 102 valence electrons. The molecule has 0 aromatic rings. The van der Waals surface area contributed by atoms with E-state index in [4.69, 9.17) is 9.84 Å². The highest BCUT2D eigenvalue weighted by Crippen LogP contribution is 2.25. The Morgan fingerprint density at radius 2 is 1.94 bits per heavy atom. The highest BCUT2D eigenvalue weighted by Gasteiger charge is 2.35. The molecule has 0 unspecified atom stereocenters. The number of carbonyl (C=O) groups is 2. The first kappa shape index (κ1) is 14.8. The Morgan fingerprint density at radius 1 is 1.39 bits per heavy atom. The molecule has 0 saturated carbocycles. The maximum absolute atomic E-state index is 12.0. The van der Waals surface area contributed by atoms with Crippen LogP contribution in [0.2, 0.25) is 19.1 Å². The summed E-state index contributed by atoms with van der Waals surface area (Å²) in [6.07, 6.45) is 1.54. The van der Waals surface area contributed by atoms with Gasteiger partial charge >= 0.3 is 12.1 Å². The largest absolute Gasteiger partial charge is 0.478 e. The standard InChI is InChI=1S/C12H21NO4Si/c1-12(2,3)17-11(16)13-6-9(10(14)15)7-18(4,5)8-13/h6H,7-8H2,1-5H3,(H,14,15). The number of nitrogens with zero attached hydrogens (tertiary/aromatic N) is 1. The van der Waals surface area contributed by atoms with Crippen LogP contribution in [-0.2, 0) is 9.53 Å². The number of ether oxygens (including phenoxy) is 1. The monoisotopic (exact) mass is 271 g/mol. The molecule has 0 radical (unpaired) electrons. The van der Waals surface area contributed by atoms with Gasteiger partial charge in [0.1, 0.15) is 5.60 Å². The lowest BCUT2D eigenvalue weighted by molar-refractivity contribution is -0.132. The van der Waals surface area contributed by atoms with Gasteiger partial charge in [0.2, 0.25) is 0 Å². The van der Waals surface area contributed by atoms with Crippen LogP contribution >= 0.6 is 0 Å². The number of amides is 1. The molecule has 18 heavy (non-hydrogen) atoms. The van der Waals surface area contributed by atoms with Crippen LogP contribution in [-0.4, -0.2) is 41.9 Å². The van der Waals surface area contributed by atoms with Crippen molar-refractivity contribution in [1.29, 1.82) is 0 Å². The van der Waals surface area contributed by atoms with Crippen molar-refractivity contribution in [3.8, 4) is 0 Å². The molecule has 0 fully saturated rings. The van der Waals surface area contributed by atoms with Crippen LogP contribution in [0.25, 0.3) is 0 Å². The Labute approximate surface area is 108 Å². The van der Waals surface area contributed by atoms with Crippen molar-refractivity contribution in [3.05, 3.63) is 11.8 Å². The van der Waals surface area contributed by atoms with Gasteiger partial charge in [-0.2, -0.15) is 0 Å². The second-order valence-electron chi connectivity index (χ2n) is 6.41. The molecule has 1 aliphatic rings. The molecule has 6 heteroatoms. The Bertz CT molecular complexity index is 395. The molecular formula is C12H21NO4Si. The number of rotatable bonds is 1. The first-order chi connectivity index (χ1) is 8.00. The summed E-state index contributed by atoms with van der Waals surface area (Å²) >= 11 is 0. The third-order valence-electron chi connectivity index (χ3n) is 2.48. The molecule has 0 bridgehead atoms.